The molecular weight excluding hydrogens is 374 g/mol. The molecule has 1 aromatic heterocycles. The highest BCUT2D eigenvalue weighted by Gasteiger charge is 2.28. The van der Waals surface area contributed by atoms with Gasteiger partial charge in [0.2, 0.25) is 0 Å². The molecule has 0 bridgehead atoms. The van der Waals surface area contributed by atoms with Gasteiger partial charge in [-0.15, -0.1) is 0 Å². The highest BCUT2D eigenvalue weighted by atomic mass is 16.5. The Balaban J connectivity index is 1.18. The molecule has 1 aliphatic rings. The van der Waals surface area contributed by atoms with Crippen molar-refractivity contribution in [3.63, 3.8) is 0 Å². The number of hydrogen-bond donors (Lipinski definition) is 2. The predicted molar refractivity (Wildman–Crippen MR) is 118 cm³/mol. The zero-order valence-electron chi connectivity index (χ0n) is 16.3. The van der Waals surface area contributed by atoms with Crippen molar-refractivity contribution in [2.24, 2.45) is 0 Å². The van der Waals surface area contributed by atoms with Gasteiger partial charge in [0, 0.05) is 17.8 Å². The lowest BCUT2D eigenvalue weighted by atomic mass is 9.98. The summed E-state index contributed by atoms with van der Waals surface area (Å²) in [7, 11) is 0. The molecule has 0 unspecified atom stereocenters. The van der Waals surface area contributed by atoms with Crippen molar-refractivity contribution in [3.05, 3.63) is 95.7 Å². The standard InChI is InChI=1S/C25H21N3O2/c29-25(26-13-5-6-17-11-12-24-18(14-17)15-27-28-24)30-16-23-21-9-3-1-7-19(21)20-8-2-4-10-22(20)23/h1-12,14-15,23H,13,16H2,(H,26,29)(H,27,28). The Morgan fingerprint density at radius 1 is 1.03 bits per heavy atom. The van der Waals surface area contributed by atoms with Crippen LogP contribution in [0.25, 0.3) is 28.1 Å². The number of aromatic amines is 1. The fraction of sp³-hybridized carbons (Fsp3) is 0.120. The first-order valence-electron chi connectivity index (χ1n) is 9.98. The molecule has 5 nitrogen and oxygen atoms in total. The molecule has 5 heteroatoms. The molecule has 148 valence electrons. The summed E-state index contributed by atoms with van der Waals surface area (Å²) >= 11 is 0. The van der Waals surface area contributed by atoms with E-state index in [1.807, 2.05) is 54.6 Å². The number of nitrogens with zero attached hydrogens (tertiary/aromatic N) is 1. The Morgan fingerprint density at radius 2 is 1.77 bits per heavy atom. The number of benzene rings is 3. The zero-order valence-corrected chi connectivity index (χ0v) is 16.3. The van der Waals surface area contributed by atoms with E-state index in [4.69, 9.17) is 4.74 Å². The van der Waals surface area contributed by atoms with Crippen molar-refractivity contribution in [3.8, 4) is 11.1 Å². The number of fused-ring (bicyclic) bond motifs is 4. The quantitative estimate of drug-likeness (QED) is 0.493. The molecule has 0 radical (unpaired) electrons. The Labute approximate surface area is 174 Å². The Bertz CT molecular complexity index is 1200. The SMILES string of the molecule is O=C(NCC=Cc1ccc2[nH]ncc2c1)OCC1c2ccccc2-c2ccccc21. The van der Waals surface area contributed by atoms with Crippen LogP contribution in [0.15, 0.2) is 79.0 Å². The molecule has 2 N–H and O–H groups in total. The molecule has 30 heavy (non-hydrogen) atoms. The summed E-state index contributed by atoms with van der Waals surface area (Å²) in [5.74, 6) is 0.0698. The lowest BCUT2D eigenvalue weighted by Gasteiger charge is -2.14. The number of amides is 1. The van der Waals surface area contributed by atoms with Gasteiger partial charge in [-0.3, -0.25) is 5.10 Å². The third-order valence-electron chi connectivity index (χ3n) is 5.48. The average Bonchev–Trinajstić information content (AvgIpc) is 3.37. The van der Waals surface area contributed by atoms with Gasteiger partial charge in [-0.25, -0.2) is 4.79 Å². The van der Waals surface area contributed by atoms with Crippen molar-refractivity contribution in [1.29, 1.82) is 0 Å². The highest BCUT2D eigenvalue weighted by Crippen LogP contribution is 2.44. The largest absolute Gasteiger partial charge is 0.449 e. The van der Waals surface area contributed by atoms with Crippen LogP contribution in [0.2, 0.25) is 0 Å². The van der Waals surface area contributed by atoms with Gasteiger partial charge < -0.3 is 10.1 Å². The molecule has 5 rings (SSSR count). The number of ether oxygens (including phenoxy) is 1. The summed E-state index contributed by atoms with van der Waals surface area (Å²) < 4.78 is 5.54. The molecule has 0 atom stereocenters. The molecule has 3 aromatic carbocycles. The summed E-state index contributed by atoms with van der Waals surface area (Å²) in [6.07, 6.45) is 5.26. The van der Waals surface area contributed by atoms with E-state index in [9.17, 15) is 4.79 Å². The Kier molecular flexibility index (Phi) is 4.77. The molecule has 0 saturated heterocycles. The molecule has 1 aliphatic carbocycles. The van der Waals surface area contributed by atoms with Gasteiger partial charge in [0.1, 0.15) is 6.61 Å². The fourth-order valence-electron chi connectivity index (χ4n) is 4.05. The van der Waals surface area contributed by atoms with E-state index in [0.717, 1.165) is 16.5 Å². The van der Waals surface area contributed by atoms with E-state index in [1.165, 1.54) is 22.3 Å². The first kappa shape index (κ1) is 18.2. The van der Waals surface area contributed by atoms with Crippen LogP contribution < -0.4 is 5.32 Å². The third-order valence-corrected chi connectivity index (χ3v) is 5.48. The van der Waals surface area contributed by atoms with Gasteiger partial charge in [-0.05, 0) is 39.9 Å². The molecule has 0 saturated carbocycles. The maximum Gasteiger partial charge on any atom is 0.407 e. The predicted octanol–water partition coefficient (Wildman–Crippen LogP) is 5.11. The van der Waals surface area contributed by atoms with Gasteiger partial charge in [0.15, 0.2) is 0 Å². The monoisotopic (exact) mass is 395 g/mol. The normalized spacial score (nSPS) is 12.8. The Hall–Kier alpha value is -3.86. The van der Waals surface area contributed by atoms with E-state index < -0.39 is 6.09 Å². The molecule has 0 aliphatic heterocycles. The van der Waals surface area contributed by atoms with Crippen molar-refractivity contribution >= 4 is 23.1 Å². The first-order chi connectivity index (χ1) is 14.8. The van der Waals surface area contributed by atoms with Crippen LogP contribution >= 0.6 is 0 Å². The van der Waals surface area contributed by atoms with Crippen LogP contribution in [0.3, 0.4) is 0 Å². The van der Waals surface area contributed by atoms with E-state index in [0.29, 0.717) is 13.2 Å². The maximum absolute atomic E-state index is 12.2. The van der Waals surface area contributed by atoms with E-state index in [-0.39, 0.29) is 5.92 Å². The third kappa shape index (κ3) is 3.46. The number of alkyl carbamates (subject to hydrolysis) is 1. The molecular formula is C25H21N3O2. The number of nitrogens with one attached hydrogen (secondary N) is 2. The van der Waals surface area contributed by atoms with Crippen molar-refractivity contribution < 1.29 is 9.53 Å². The summed E-state index contributed by atoms with van der Waals surface area (Å²) in [5, 5.41) is 10.8. The van der Waals surface area contributed by atoms with Crippen LogP contribution in [0, 0.1) is 0 Å². The summed E-state index contributed by atoms with van der Waals surface area (Å²) in [6, 6.07) is 22.7. The molecule has 1 heterocycles. The van der Waals surface area contributed by atoms with Gasteiger partial charge in [0.05, 0.1) is 11.7 Å². The average molecular weight is 395 g/mol. The van der Waals surface area contributed by atoms with Crippen LogP contribution in [-0.2, 0) is 4.74 Å². The smallest absolute Gasteiger partial charge is 0.407 e. The number of rotatable bonds is 5. The molecule has 1 amide bonds. The number of aromatic nitrogens is 2. The zero-order chi connectivity index (χ0) is 20.3. The number of carbonyl (C=O) groups is 1. The molecule has 0 spiro atoms. The Morgan fingerprint density at radius 3 is 2.53 bits per heavy atom. The minimum Gasteiger partial charge on any atom is -0.449 e. The molecule has 4 aromatic rings. The highest BCUT2D eigenvalue weighted by molar-refractivity contribution is 5.81. The van der Waals surface area contributed by atoms with Gasteiger partial charge in [-0.1, -0.05) is 66.7 Å². The topological polar surface area (TPSA) is 67.0 Å². The second-order valence-corrected chi connectivity index (χ2v) is 7.33. The second kappa shape index (κ2) is 7.87. The first-order valence-corrected chi connectivity index (χ1v) is 9.98. The lowest BCUT2D eigenvalue weighted by Crippen LogP contribution is -2.26. The van der Waals surface area contributed by atoms with Gasteiger partial charge in [0.25, 0.3) is 0 Å². The summed E-state index contributed by atoms with van der Waals surface area (Å²) in [6.45, 7) is 0.723. The van der Waals surface area contributed by atoms with Crippen LogP contribution in [0.1, 0.15) is 22.6 Å². The molecule has 0 fully saturated rings. The van der Waals surface area contributed by atoms with Crippen molar-refractivity contribution in [2.45, 2.75) is 5.92 Å². The number of hydrogen-bond acceptors (Lipinski definition) is 3. The minimum absolute atomic E-state index is 0.0698. The number of H-pyrrole nitrogens is 1. The van der Waals surface area contributed by atoms with Crippen LogP contribution in [-0.4, -0.2) is 29.4 Å². The number of carbonyl (C=O) groups excluding carboxylic acids is 1. The van der Waals surface area contributed by atoms with Crippen molar-refractivity contribution in [2.75, 3.05) is 13.2 Å². The summed E-state index contributed by atoms with van der Waals surface area (Å²) in [4.78, 5) is 12.2. The maximum atomic E-state index is 12.2. The lowest BCUT2D eigenvalue weighted by molar-refractivity contribution is 0.144. The van der Waals surface area contributed by atoms with E-state index >= 15 is 0 Å². The van der Waals surface area contributed by atoms with Gasteiger partial charge >= 0.3 is 6.09 Å². The van der Waals surface area contributed by atoms with Gasteiger partial charge in [-0.2, -0.15) is 5.10 Å². The van der Waals surface area contributed by atoms with Crippen LogP contribution in [0.4, 0.5) is 4.79 Å². The van der Waals surface area contributed by atoms with E-state index in [2.05, 4.69) is 39.8 Å². The van der Waals surface area contributed by atoms with Crippen LogP contribution in [0.5, 0.6) is 0 Å². The van der Waals surface area contributed by atoms with Crippen molar-refractivity contribution in [1.82, 2.24) is 15.5 Å². The second-order valence-electron chi connectivity index (χ2n) is 7.33. The van der Waals surface area contributed by atoms with E-state index in [1.54, 1.807) is 6.20 Å². The summed E-state index contributed by atoms with van der Waals surface area (Å²) in [5.41, 5.74) is 6.92. The fourth-order valence-corrected chi connectivity index (χ4v) is 4.05. The minimum atomic E-state index is -0.410.